The molecule has 0 spiro atoms. The zero-order valence-electron chi connectivity index (χ0n) is 21.4. The summed E-state index contributed by atoms with van der Waals surface area (Å²) in [5.41, 5.74) is 6.91. The first kappa shape index (κ1) is 28.5. The van der Waals surface area contributed by atoms with Crippen LogP contribution in [0.4, 0.5) is 17.8 Å². The smallest absolute Gasteiger partial charge is 0.251 e. The Morgan fingerprint density at radius 3 is 2.30 bits per heavy atom. The number of rotatable bonds is 18. The maximum Gasteiger partial charge on any atom is 0.251 e. The van der Waals surface area contributed by atoms with Crippen molar-refractivity contribution in [1.82, 2.24) is 20.3 Å². The Kier molecular flexibility index (Phi) is 12.8. The van der Waals surface area contributed by atoms with Gasteiger partial charge in [0.2, 0.25) is 17.8 Å². The van der Waals surface area contributed by atoms with Gasteiger partial charge in [-0.05, 0) is 37.0 Å². The Morgan fingerprint density at radius 1 is 0.919 bits per heavy atom. The second-order valence-electron chi connectivity index (χ2n) is 8.76. The summed E-state index contributed by atoms with van der Waals surface area (Å²) in [6.45, 7) is 3.97. The van der Waals surface area contributed by atoms with Crippen molar-refractivity contribution in [2.24, 2.45) is 5.73 Å². The fourth-order valence-electron chi connectivity index (χ4n) is 3.83. The van der Waals surface area contributed by atoms with E-state index in [1.807, 2.05) is 12.1 Å². The number of ether oxygens (including phenoxy) is 2. The number of aliphatic hydroxyl groups is 1. The summed E-state index contributed by atoms with van der Waals surface area (Å²) < 4.78 is 10.6. The van der Waals surface area contributed by atoms with Crippen molar-refractivity contribution in [3.05, 3.63) is 35.4 Å². The molecule has 1 amide bonds. The lowest BCUT2D eigenvalue weighted by Crippen LogP contribution is -2.27. The second kappa shape index (κ2) is 16.6. The van der Waals surface area contributed by atoms with Gasteiger partial charge in [-0.2, -0.15) is 15.0 Å². The molecule has 1 fully saturated rings. The summed E-state index contributed by atoms with van der Waals surface area (Å²) >= 11 is 0. The molecule has 0 bridgehead atoms. The Balaban J connectivity index is 1.46. The van der Waals surface area contributed by atoms with E-state index >= 15 is 0 Å². The fraction of sp³-hybridized carbons (Fsp3) is 0.600. The van der Waals surface area contributed by atoms with E-state index in [2.05, 4.69) is 36.2 Å². The Labute approximate surface area is 218 Å². The molecular formula is C25H40N8O4. The van der Waals surface area contributed by atoms with Crippen LogP contribution in [-0.4, -0.2) is 84.7 Å². The largest absolute Gasteiger partial charge is 0.396 e. The highest BCUT2D eigenvalue weighted by atomic mass is 16.5. The van der Waals surface area contributed by atoms with Gasteiger partial charge in [0.1, 0.15) is 0 Å². The van der Waals surface area contributed by atoms with Crippen LogP contribution in [0.2, 0.25) is 0 Å². The minimum atomic E-state index is -0.152. The molecule has 12 heteroatoms. The van der Waals surface area contributed by atoms with Crippen molar-refractivity contribution in [3.63, 3.8) is 0 Å². The molecule has 1 heterocycles. The van der Waals surface area contributed by atoms with Gasteiger partial charge < -0.3 is 41.6 Å². The average molecular weight is 517 g/mol. The van der Waals surface area contributed by atoms with E-state index in [1.54, 1.807) is 12.1 Å². The highest BCUT2D eigenvalue weighted by Gasteiger charge is 2.17. The van der Waals surface area contributed by atoms with Crippen LogP contribution in [-0.2, 0) is 16.0 Å². The molecule has 7 N–H and O–H groups in total. The highest BCUT2D eigenvalue weighted by Crippen LogP contribution is 2.21. The van der Waals surface area contributed by atoms with Gasteiger partial charge in [-0.15, -0.1) is 0 Å². The number of nitrogens with one attached hydrogen (secondary N) is 4. The Morgan fingerprint density at radius 2 is 1.59 bits per heavy atom. The third kappa shape index (κ3) is 10.8. The molecule has 1 saturated carbocycles. The van der Waals surface area contributed by atoms with Crippen molar-refractivity contribution in [1.29, 1.82) is 0 Å². The molecule has 1 aromatic carbocycles. The van der Waals surface area contributed by atoms with Gasteiger partial charge >= 0.3 is 0 Å². The number of carbonyl (C=O) groups excluding carboxylic acids is 1. The third-order valence-electron chi connectivity index (χ3n) is 5.77. The van der Waals surface area contributed by atoms with E-state index < -0.39 is 0 Å². The van der Waals surface area contributed by atoms with Gasteiger partial charge in [0.05, 0.1) is 26.4 Å². The Hall–Kier alpha value is -3.06. The van der Waals surface area contributed by atoms with E-state index in [9.17, 15) is 4.79 Å². The lowest BCUT2D eigenvalue weighted by atomic mass is 10.1. The summed E-state index contributed by atoms with van der Waals surface area (Å²) in [5, 5.41) is 21.7. The van der Waals surface area contributed by atoms with Crippen molar-refractivity contribution in [2.75, 3.05) is 68.6 Å². The molecule has 2 aromatic rings. The maximum absolute atomic E-state index is 12.4. The highest BCUT2D eigenvalue weighted by molar-refractivity contribution is 5.94. The molecule has 1 aromatic heterocycles. The van der Waals surface area contributed by atoms with Gasteiger partial charge in [0.25, 0.3) is 5.91 Å². The summed E-state index contributed by atoms with van der Waals surface area (Å²) in [7, 11) is 0. The van der Waals surface area contributed by atoms with Crippen molar-refractivity contribution >= 4 is 23.8 Å². The molecule has 3 rings (SSSR count). The quantitative estimate of drug-likeness (QED) is 0.158. The van der Waals surface area contributed by atoms with E-state index in [0.717, 1.165) is 18.4 Å². The summed E-state index contributed by atoms with van der Waals surface area (Å²) in [4.78, 5) is 25.8. The first-order chi connectivity index (χ1) is 18.2. The summed E-state index contributed by atoms with van der Waals surface area (Å²) in [6, 6.07) is 7.74. The molecule has 204 valence electrons. The van der Waals surface area contributed by atoms with E-state index in [0.29, 0.717) is 88.5 Å². The van der Waals surface area contributed by atoms with Crippen LogP contribution < -0.4 is 27.0 Å². The van der Waals surface area contributed by atoms with Crippen LogP contribution in [0, 0.1) is 0 Å². The second-order valence-corrected chi connectivity index (χ2v) is 8.76. The van der Waals surface area contributed by atoms with Gasteiger partial charge in [-0.1, -0.05) is 25.0 Å². The number of hydrogen-bond acceptors (Lipinski definition) is 11. The monoisotopic (exact) mass is 516 g/mol. The molecule has 0 unspecified atom stereocenters. The van der Waals surface area contributed by atoms with Crippen LogP contribution in [0.15, 0.2) is 24.3 Å². The molecule has 12 nitrogen and oxygen atoms in total. The topological polar surface area (TPSA) is 169 Å². The lowest BCUT2D eigenvalue weighted by molar-refractivity contribution is 0.0511. The predicted molar refractivity (Wildman–Crippen MR) is 143 cm³/mol. The van der Waals surface area contributed by atoms with E-state index in [-0.39, 0.29) is 12.5 Å². The lowest BCUT2D eigenvalue weighted by Gasteiger charge is -2.14. The summed E-state index contributed by atoms with van der Waals surface area (Å²) in [5.74, 6) is 1.30. The third-order valence-corrected chi connectivity index (χ3v) is 5.77. The number of anilines is 3. The standard InChI is InChI=1S/C25H40N8O4/c26-10-14-36-16-17-37-15-12-27-22(35)20-8-6-19(7-9-20)18-29-24-31-23(28-11-3-13-34)32-25(33-24)30-21-4-1-2-5-21/h6-9,21,34H,1-5,10-18,26H2,(H,27,35)(H3,28,29,30,31,32,33). The number of nitrogens with two attached hydrogens (primary N) is 1. The Bertz CT molecular complexity index is 925. The summed E-state index contributed by atoms with van der Waals surface area (Å²) in [6.07, 6.45) is 5.25. The van der Waals surface area contributed by atoms with E-state index in [1.165, 1.54) is 12.8 Å². The number of nitrogens with zero attached hydrogens (tertiary/aromatic N) is 3. The molecular weight excluding hydrogens is 476 g/mol. The van der Waals surface area contributed by atoms with E-state index in [4.69, 9.17) is 20.3 Å². The van der Waals surface area contributed by atoms with Gasteiger partial charge in [0.15, 0.2) is 0 Å². The van der Waals surface area contributed by atoms with Crippen LogP contribution in [0.3, 0.4) is 0 Å². The zero-order chi connectivity index (χ0) is 26.1. The first-order valence-electron chi connectivity index (χ1n) is 13.0. The normalized spacial score (nSPS) is 13.5. The van der Waals surface area contributed by atoms with Gasteiger partial charge in [-0.3, -0.25) is 4.79 Å². The number of hydrogen-bond donors (Lipinski definition) is 6. The number of aromatic nitrogens is 3. The number of aliphatic hydroxyl groups excluding tert-OH is 1. The molecule has 1 aliphatic carbocycles. The van der Waals surface area contributed by atoms with Crippen molar-refractivity contribution in [3.8, 4) is 0 Å². The molecule has 1 aliphatic rings. The molecule has 0 aliphatic heterocycles. The van der Waals surface area contributed by atoms with Gasteiger partial charge in [-0.25, -0.2) is 0 Å². The maximum atomic E-state index is 12.4. The first-order valence-corrected chi connectivity index (χ1v) is 13.0. The van der Waals surface area contributed by atoms with Crippen LogP contribution in [0.5, 0.6) is 0 Å². The molecule has 0 radical (unpaired) electrons. The number of amides is 1. The fourth-order valence-corrected chi connectivity index (χ4v) is 3.83. The number of benzene rings is 1. The zero-order valence-corrected chi connectivity index (χ0v) is 21.4. The van der Waals surface area contributed by atoms with Crippen LogP contribution in [0.1, 0.15) is 48.0 Å². The average Bonchev–Trinajstić information content (AvgIpc) is 3.42. The molecule has 0 atom stereocenters. The van der Waals surface area contributed by atoms with Crippen molar-refractivity contribution < 1.29 is 19.4 Å². The van der Waals surface area contributed by atoms with Crippen molar-refractivity contribution in [2.45, 2.75) is 44.7 Å². The minimum Gasteiger partial charge on any atom is -0.396 e. The SMILES string of the molecule is NCCOCCOCCNC(=O)c1ccc(CNc2nc(NCCCO)nc(NC3CCCC3)n2)cc1. The minimum absolute atomic E-state index is 0.100. The molecule has 37 heavy (non-hydrogen) atoms. The predicted octanol–water partition coefficient (Wildman–Crippen LogP) is 1.35. The van der Waals surface area contributed by atoms with Crippen LogP contribution in [0.25, 0.3) is 0 Å². The van der Waals surface area contributed by atoms with Crippen LogP contribution >= 0.6 is 0 Å². The number of carbonyl (C=O) groups is 1. The van der Waals surface area contributed by atoms with Gasteiger partial charge in [0, 0.05) is 44.4 Å². The molecule has 0 saturated heterocycles.